The van der Waals surface area contributed by atoms with Gasteiger partial charge in [-0.2, -0.15) is 0 Å². The summed E-state index contributed by atoms with van der Waals surface area (Å²) in [6.07, 6.45) is 1.99. The summed E-state index contributed by atoms with van der Waals surface area (Å²) >= 11 is 0. The molecule has 0 aromatic rings. The lowest BCUT2D eigenvalue weighted by atomic mass is 10.4. The van der Waals surface area contributed by atoms with E-state index in [-0.39, 0.29) is 25.7 Å². The highest BCUT2D eigenvalue weighted by Crippen LogP contribution is 2.08. The first-order chi connectivity index (χ1) is 8.24. The van der Waals surface area contributed by atoms with Crippen molar-refractivity contribution in [1.29, 1.82) is 0 Å². The fourth-order valence-corrected chi connectivity index (χ4v) is 1.48. The van der Waals surface area contributed by atoms with Crippen LogP contribution in [0.4, 0.5) is 4.79 Å². The lowest BCUT2D eigenvalue weighted by Gasteiger charge is -2.14. The molecule has 6 nitrogen and oxygen atoms in total. The summed E-state index contributed by atoms with van der Waals surface area (Å²) < 4.78 is 14.3. The van der Waals surface area contributed by atoms with Crippen molar-refractivity contribution in [2.24, 2.45) is 0 Å². The van der Waals surface area contributed by atoms with Gasteiger partial charge in [0, 0.05) is 13.0 Å². The van der Waals surface area contributed by atoms with Gasteiger partial charge in [-0.3, -0.25) is 4.79 Å². The highest BCUT2D eigenvalue weighted by Gasteiger charge is 2.19. The SMILES string of the molecule is C=COCCOC(=O)OCCN1CCCC1=O. The fraction of sp³-hybridized carbons (Fsp3) is 0.636. The average Bonchev–Trinajstić information content (AvgIpc) is 2.71. The quantitative estimate of drug-likeness (QED) is 0.378. The Bertz CT molecular complexity index is 279. The summed E-state index contributed by atoms with van der Waals surface area (Å²) in [5.41, 5.74) is 0. The topological polar surface area (TPSA) is 65.1 Å². The van der Waals surface area contributed by atoms with E-state index in [1.807, 2.05) is 0 Å². The number of rotatable bonds is 7. The summed E-state index contributed by atoms with van der Waals surface area (Å²) in [5, 5.41) is 0. The Kier molecular flexibility index (Phi) is 5.92. The molecule has 0 aromatic carbocycles. The van der Waals surface area contributed by atoms with Crippen LogP contribution in [0.5, 0.6) is 0 Å². The van der Waals surface area contributed by atoms with Gasteiger partial charge in [-0.15, -0.1) is 0 Å². The molecule has 1 heterocycles. The van der Waals surface area contributed by atoms with Crippen molar-refractivity contribution in [2.45, 2.75) is 12.8 Å². The van der Waals surface area contributed by atoms with Gasteiger partial charge in [0.1, 0.15) is 19.8 Å². The van der Waals surface area contributed by atoms with Crippen LogP contribution in [0.25, 0.3) is 0 Å². The molecular weight excluding hydrogens is 226 g/mol. The Labute approximate surface area is 100 Å². The number of amides is 1. The minimum atomic E-state index is -0.746. The molecule has 1 aliphatic rings. The molecule has 1 rings (SSSR count). The van der Waals surface area contributed by atoms with E-state index in [1.165, 1.54) is 6.26 Å². The van der Waals surface area contributed by atoms with Crippen molar-refractivity contribution < 1.29 is 23.8 Å². The maximum atomic E-state index is 11.2. The predicted molar refractivity (Wildman–Crippen MR) is 59.3 cm³/mol. The highest BCUT2D eigenvalue weighted by molar-refractivity contribution is 5.78. The molecule has 0 saturated carbocycles. The van der Waals surface area contributed by atoms with Crippen LogP contribution in [0.3, 0.4) is 0 Å². The second kappa shape index (κ2) is 7.54. The summed E-state index contributed by atoms with van der Waals surface area (Å²) in [6.45, 7) is 5.05. The normalized spacial score (nSPS) is 14.6. The number of carbonyl (C=O) groups excluding carboxylic acids is 2. The fourth-order valence-electron chi connectivity index (χ4n) is 1.48. The zero-order valence-electron chi connectivity index (χ0n) is 9.72. The number of likely N-dealkylation sites (tertiary alicyclic amines) is 1. The van der Waals surface area contributed by atoms with Crippen LogP contribution in [-0.2, 0) is 19.0 Å². The number of hydrogen-bond donors (Lipinski definition) is 0. The van der Waals surface area contributed by atoms with Crippen LogP contribution < -0.4 is 0 Å². The molecule has 0 atom stereocenters. The third kappa shape index (κ3) is 5.24. The van der Waals surface area contributed by atoms with Gasteiger partial charge in [0.15, 0.2) is 0 Å². The monoisotopic (exact) mass is 243 g/mol. The lowest BCUT2D eigenvalue weighted by molar-refractivity contribution is -0.128. The van der Waals surface area contributed by atoms with Crippen molar-refractivity contribution in [3.8, 4) is 0 Å². The Morgan fingerprint density at radius 1 is 1.35 bits per heavy atom. The van der Waals surface area contributed by atoms with Crippen molar-refractivity contribution in [3.05, 3.63) is 12.8 Å². The van der Waals surface area contributed by atoms with Gasteiger partial charge < -0.3 is 19.1 Å². The minimum Gasteiger partial charge on any atom is -0.498 e. The molecule has 0 N–H and O–H groups in total. The van der Waals surface area contributed by atoms with Crippen molar-refractivity contribution in [1.82, 2.24) is 4.90 Å². The second-order valence-corrected chi connectivity index (χ2v) is 3.47. The largest absolute Gasteiger partial charge is 0.508 e. The summed E-state index contributed by atoms with van der Waals surface area (Å²) in [7, 11) is 0. The van der Waals surface area contributed by atoms with E-state index in [0.29, 0.717) is 13.0 Å². The van der Waals surface area contributed by atoms with Crippen LogP contribution in [0.1, 0.15) is 12.8 Å². The molecule has 0 bridgehead atoms. The number of nitrogens with zero attached hydrogens (tertiary/aromatic N) is 1. The van der Waals surface area contributed by atoms with Crippen LogP contribution in [0, 0.1) is 0 Å². The maximum Gasteiger partial charge on any atom is 0.508 e. The van der Waals surface area contributed by atoms with Crippen LogP contribution in [0.2, 0.25) is 0 Å². The molecular formula is C11H17NO5. The van der Waals surface area contributed by atoms with Crippen molar-refractivity contribution in [3.63, 3.8) is 0 Å². The van der Waals surface area contributed by atoms with E-state index in [2.05, 4.69) is 6.58 Å². The molecule has 1 fully saturated rings. The third-order valence-corrected chi connectivity index (χ3v) is 2.29. The summed E-state index contributed by atoms with van der Waals surface area (Å²) in [6, 6.07) is 0. The summed E-state index contributed by atoms with van der Waals surface area (Å²) in [4.78, 5) is 23.9. The van der Waals surface area contributed by atoms with Crippen LogP contribution in [-0.4, -0.2) is 49.9 Å². The van der Waals surface area contributed by atoms with Gasteiger partial charge in [0.25, 0.3) is 0 Å². The number of carbonyl (C=O) groups is 2. The second-order valence-electron chi connectivity index (χ2n) is 3.47. The minimum absolute atomic E-state index is 0.112. The van der Waals surface area contributed by atoms with Crippen LogP contribution in [0.15, 0.2) is 12.8 Å². The molecule has 1 aliphatic heterocycles. The summed E-state index contributed by atoms with van der Waals surface area (Å²) in [5.74, 6) is 0.112. The molecule has 1 amide bonds. The van der Waals surface area contributed by atoms with E-state index in [4.69, 9.17) is 14.2 Å². The van der Waals surface area contributed by atoms with Gasteiger partial charge in [-0.1, -0.05) is 6.58 Å². The van der Waals surface area contributed by atoms with Gasteiger partial charge in [-0.25, -0.2) is 4.79 Å². The van der Waals surface area contributed by atoms with E-state index < -0.39 is 6.16 Å². The molecule has 0 aromatic heterocycles. The molecule has 1 saturated heterocycles. The van der Waals surface area contributed by atoms with Crippen molar-refractivity contribution >= 4 is 12.1 Å². The maximum absolute atomic E-state index is 11.2. The van der Waals surface area contributed by atoms with Gasteiger partial charge in [-0.05, 0) is 6.42 Å². The Morgan fingerprint density at radius 3 is 2.76 bits per heavy atom. The first kappa shape index (κ1) is 13.3. The number of hydrogen-bond acceptors (Lipinski definition) is 5. The van der Waals surface area contributed by atoms with E-state index in [9.17, 15) is 9.59 Å². The molecule has 17 heavy (non-hydrogen) atoms. The Hall–Kier alpha value is -1.72. The first-order valence-corrected chi connectivity index (χ1v) is 5.54. The highest BCUT2D eigenvalue weighted by atomic mass is 16.7. The average molecular weight is 243 g/mol. The Morgan fingerprint density at radius 2 is 2.12 bits per heavy atom. The molecule has 0 spiro atoms. The lowest BCUT2D eigenvalue weighted by Crippen LogP contribution is -2.29. The van der Waals surface area contributed by atoms with E-state index in [1.54, 1.807) is 4.90 Å². The van der Waals surface area contributed by atoms with Gasteiger partial charge in [0.2, 0.25) is 5.91 Å². The van der Waals surface area contributed by atoms with Gasteiger partial charge in [0.05, 0.1) is 12.8 Å². The zero-order valence-corrected chi connectivity index (χ0v) is 9.72. The van der Waals surface area contributed by atoms with Gasteiger partial charge >= 0.3 is 6.16 Å². The first-order valence-electron chi connectivity index (χ1n) is 5.54. The molecule has 6 heteroatoms. The predicted octanol–water partition coefficient (Wildman–Crippen LogP) is 0.922. The molecule has 0 aliphatic carbocycles. The Balaban J connectivity index is 1.99. The standard InChI is InChI=1S/C11H17NO5/c1-2-15-8-9-17-11(14)16-7-6-12-5-3-4-10(12)13/h2H,1,3-9H2. The van der Waals surface area contributed by atoms with E-state index in [0.717, 1.165) is 13.0 Å². The molecule has 0 unspecified atom stereocenters. The van der Waals surface area contributed by atoms with Crippen LogP contribution >= 0.6 is 0 Å². The molecule has 96 valence electrons. The number of ether oxygens (including phenoxy) is 3. The smallest absolute Gasteiger partial charge is 0.498 e. The molecule has 0 radical (unpaired) electrons. The van der Waals surface area contributed by atoms with E-state index >= 15 is 0 Å². The third-order valence-electron chi connectivity index (χ3n) is 2.29. The van der Waals surface area contributed by atoms with Crippen molar-refractivity contribution in [2.75, 3.05) is 32.9 Å². The zero-order chi connectivity index (χ0) is 12.5.